The molecule has 3 aromatic heterocycles. The van der Waals surface area contributed by atoms with E-state index in [1.54, 1.807) is 24.3 Å². The number of benzene rings is 1. The predicted octanol–water partition coefficient (Wildman–Crippen LogP) is 3.04. The first kappa shape index (κ1) is 18.8. The molecular formula is C21H20F2N6O. The van der Waals surface area contributed by atoms with Crippen LogP contribution < -0.4 is 5.56 Å². The normalized spacial score (nSPS) is 17.5. The number of hydrogen-bond donors (Lipinski definition) is 0. The van der Waals surface area contributed by atoms with Crippen molar-refractivity contribution < 1.29 is 8.78 Å². The lowest BCUT2D eigenvalue weighted by molar-refractivity contribution is 0.120. The van der Waals surface area contributed by atoms with Gasteiger partial charge in [-0.3, -0.25) is 18.7 Å². The predicted molar refractivity (Wildman–Crippen MR) is 107 cm³/mol. The van der Waals surface area contributed by atoms with Crippen molar-refractivity contribution in [2.24, 2.45) is 0 Å². The van der Waals surface area contributed by atoms with Crippen molar-refractivity contribution in [3.05, 3.63) is 70.7 Å². The molecule has 0 spiro atoms. The van der Waals surface area contributed by atoms with E-state index in [1.165, 1.54) is 0 Å². The molecule has 1 atom stereocenters. The molecule has 5 rings (SSSR count). The van der Waals surface area contributed by atoms with Crippen LogP contribution in [0.25, 0.3) is 16.6 Å². The lowest BCUT2D eigenvalue weighted by Crippen LogP contribution is -2.33. The van der Waals surface area contributed by atoms with Crippen molar-refractivity contribution in [1.82, 2.24) is 29.0 Å². The molecule has 1 unspecified atom stereocenters. The Labute approximate surface area is 170 Å². The molecule has 0 amide bonds. The molecule has 7 nitrogen and oxygen atoms in total. The summed E-state index contributed by atoms with van der Waals surface area (Å²) in [5.74, 6) is 1.16. The second kappa shape index (κ2) is 7.56. The number of pyridine rings is 1. The van der Waals surface area contributed by atoms with Gasteiger partial charge >= 0.3 is 0 Å². The lowest BCUT2D eigenvalue weighted by atomic mass is 10.1. The van der Waals surface area contributed by atoms with Crippen molar-refractivity contribution in [3.63, 3.8) is 0 Å². The van der Waals surface area contributed by atoms with Gasteiger partial charge in [-0.2, -0.15) is 0 Å². The zero-order valence-corrected chi connectivity index (χ0v) is 16.2. The fraction of sp³-hybridized carbons (Fsp3) is 0.333. The third-order valence-corrected chi connectivity index (χ3v) is 5.60. The first-order valence-electron chi connectivity index (χ1n) is 9.92. The molecule has 1 aromatic carbocycles. The lowest BCUT2D eigenvalue weighted by Gasteiger charge is -2.26. The molecule has 4 heterocycles. The van der Waals surface area contributed by atoms with Gasteiger partial charge < -0.3 is 0 Å². The summed E-state index contributed by atoms with van der Waals surface area (Å²) in [6.07, 6.45) is 0.889. The van der Waals surface area contributed by atoms with Crippen LogP contribution in [0, 0.1) is 0 Å². The summed E-state index contributed by atoms with van der Waals surface area (Å²) in [7, 11) is 0. The fourth-order valence-electron chi connectivity index (χ4n) is 4.24. The van der Waals surface area contributed by atoms with Gasteiger partial charge in [0.1, 0.15) is 5.82 Å². The minimum Gasteiger partial charge on any atom is -0.289 e. The Morgan fingerprint density at radius 3 is 2.80 bits per heavy atom. The Morgan fingerprint density at radius 1 is 1.10 bits per heavy atom. The van der Waals surface area contributed by atoms with E-state index in [0.29, 0.717) is 23.3 Å². The number of alkyl halides is 2. The van der Waals surface area contributed by atoms with Crippen LogP contribution in [-0.4, -0.2) is 42.0 Å². The highest BCUT2D eigenvalue weighted by Crippen LogP contribution is 2.32. The van der Waals surface area contributed by atoms with Gasteiger partial charge in [-0.1, -0.05) is 18.2 Å². The Bertz CT molecular complexity index is 1270. The molecular weight excluding hydrogens is 390 g/mol. The van der Waals surface area contributed by atoms with Gasteiger partial charge in [0.05, 0.1) is 30.0 Å². The maximum atomic E-state index is 13.3. The number of hydrogen-bond acceptors (Lipinski definition) is 5. The topological polar surface area (TPSA) is 68.3 Å². The molecule has 1 aliphatic heterocycles. The van der Waals surface area contributed by atoms with E-state index in [0.717, 1.165) is 35.4 Å². The molecule has 30 heavy (non-hydrogen) atoms. The third-order valence-electron chi connectivity index (χ3n) is 5.60. The van der Waals surface area contributed by atoms with E-state index in [4.69, 9.17) is 0 Å². The van der Waals surface area contributed by atoms with E-state index in [1.807, 2.05) is 28.8 Å². The zero-order chi connectivity index (χ0) is 20.7. The van der Waals surface area contributed by atoms with Crippen LogP contribution in [0.1, 0.15) is 30.5 Å². The molecule has 0 aliphatic carbocycles. The average Bonchev–Trinajstić information content (AvgIpc) is 3.37. The molecule has 9 heteroatoms. The highest BCUT2D eigenvalue weighted by Gasteiger charge is 2.32. The maximum absolute atomic E-state index is 13.3. The fourth-order valence-corrected chi connectivity index (χ4v) is 4.24. The molecule has 1 fully saturated rings. The van der Waals surface area contributed by atoms with Crippen molar-refractivity contribution in [1.29, 1.82) is 0 Å². The Kier molecular flexibility index (Phi) is 4.74. The highest BCUT2D eigenvalue weighted by atomic mass is 19.3. The van der Waals surface area contributed by atoms with Gasteiger partial charge in [0.2, 0.25) is 0 Å². The van der Waals surface area contributed by atoms with Crippen LogP contribution in [-0.2, 0) is 13.1 Å². The van der Waals surface area contributed by atoms with Crippen molar-refractivity contribution >= 4 is 16.6 Å². The first-order chi connectivity index (χ1) is 14.6. The molecule has 1 saturated heterocycles. The van der Waals surface area contributed by atoms with Crippen molar-refractivity contribution in [3.8, 4) is 0 Å². The number of rotatable bonds is 5. The van der Waals surface area contributed by atoms with Crippen molar-refractivity contribution in [2.75, 3.05) is 6.54 Å². The Balaban J connectivity index is 1.57. The van der Waals surface area contributed by atoms with E-state index in [9.17, 15) is 13.6 Å². The summed E-state index contributed by atoms with van der Waals surface area (Å²) in [5.41, 5.74) is 0.861. The number of fused-ring (bicyclic) bond motifs is 2. The summed E-state index contributed by atoms with van der Waals surface area (Å²) in [6.45, 7) is 0.598. The van der Waals surface area contributed by atoms with Gasteiger partial charge in [0.25, 0.3) is 12.0 Å². The molecule has 0 N–H and O–H groups in total. The number of halogens is 2. The third kappa shape index (κ3) is 3.24. The molecule has 1 aliphatic rings. The quantitative estimate of drug-likeness (QED) is 0.506. The summed E-state index contributed by atoms with van der Waals surface area (Å²) in [5, 5.41) is 8.83. The second-order valence-electron chi connectivity index (χ2n) is 7.47. The summed E-state index contributed by atoms with van der Waals surface area (Å²) in [6, 6.07) is 12.3. The highest BCUT2D eigenvalue weighted by molar-refractivity contribution is 5.77. The molecule has 0 saturated carbocycles. The molecule has 0 radical (unpaired) electrons. The molecule has 4 aromatic rings. The zero-order valence-electron chi connectivity index (χ0n) is 16.2. The van der Waals surface area contributed by atoms with E-state index < -0.39 is 18.5 Å². The van der Waals surface area contributed by atoms with Crippen LogP contribution in [0.2, 0.25) is 0 Å². The average molecular weight is 410 g/mol. The van der Waals surface area contributed by atoms with Crippen molar-refractivity contribution in [2.45, 2.75) is 38.4 Å². The van der Waals surface area contributed by atoms with Gasteiger partial charge in [0, 0.05) is 6.20 Å². The van der Waals surface area contributed by atoms with Crippen LogP contribution in [0.5, 0.6) is 0 Å². The smallest absolute Gasteiger partial charge is 0.261 e. The minimum absolute atomic E-state index is 0.239. The summed E-state index contributed by atoms with van der Waals surface area (Å²) < 4.78 is 29.7. The second-order valence-corrected chi connectivity index (χ2v) is 7.47. The summed E-state index contributed by atoms with van der Waals surface area (Å²) in [4.78, 5) is 19.8. The Morgan fingerprint density at radius 2 is 1.93 bits per heavy atom. The summed E-state index contributed by atoms with van der Waals surface area (Å²) >= 11 is 0. The van der Waals surface area contributed by atoms with E-state index >= 15 is 0 Å². The number of nitrogens with zero attached hydrogens (tertiary/aromatic N) is 6. The van der Waals surface area contributed by atoms with Gasteiger partial charge in [-0.05, 0) is 43.7 Å². The van der Waals surface area contributed by atoms with Crippen LogP contribution in [0.4, 0.5) is 8.78 Å². The van der Waals surface area contributed by atoms with E-state index in [-0.39, 0.29) is 6.04 Å². The molecule has 0 bridgehead atoms. The van der Waals surface area contributed by atoms with Gasteiger partial charge in [-0.25, -0.2) is 13.8 Å². The Hall–Kier alpha value is -3.20. The van der Waals surface area contributed by atoms with Crippen LogP contribution in [0.15, 0.2) is 53.5 Å². The standard InChI is InChI=1S/C21H20F2N6O/c22-17(23)12-29-20(24-15-7-2-1-6-14(15)21(29)30)16-8-5-10-27(16)13-19-26-25-18-9-3-4-11-28(18)19/h1-4,6-7,9,11,16-17H,5,8,10,12-13H2. The monoisotopic (exact) mass is 410 g/mol. The van der Waals surface area contributed by atoms with E-state index in [2.05, 4.69) is 20.1 Å². The van der Waals surface area contributed by atoms with Gasteiger partial charge in [0.15, 0.2) is 11.5 Å². The van der Waals surface area contributed by atoms with Crippen LogP contribution in [0.3, 0.4) is 0 Å². The largest absolute Gasteiger partial charge is 0.289 e. The minimum atomic E-state index is -2.64. The maximum Gasteiger partial charge on any atom is 0.261 e. The van der Waals surface area contributed by atoms with Crippen LogP contribution >= 0.6 is 0 Å². The number of aromatic nitrogens is 5. The van der Waals surface area contributed by atoms with Gasteiger partial charge in [-0.15, -0.1) is 10.2 Å². The number of likely N-dealkylation sites (tertiary alicyclic amines) is 1. The number of para-hydroxylation sites is 1. The first-order valence-corrected chi connectivity index (χ1v) is 9.92. The SMILES string of the molecule is O=c1c2ccccc2nc(C2CCCN2Cc2nnc3ccccn23)n1CC(F)F. The molecule has 154 valence electrons.